The van der Waals surface area contributed by atoms with Gasteiger partial charge in [-0.05, 0) is 12.1 Å². The van der Waals surface area contributed by atoms with E-state index in [1.165, 1.54) is 12.1 Å². The molecule has 1 aromatic carbocycles. The number of carbonyl (C=O) groups is 2. The number of esters is 2. The van der Waals surface area contributed by atoms with Crippen LogP contribution in [-0.4, -0.2) is 24.6 Å². The molecule has 0 bridgehead atoms. The summed E-state index contributed by atoms with van der Waals surface area (Å²) < 4.78 is 9.66. The summed E-state index contributed by atoms with van der Waals surface area (Å²) >= 11 is 17.5. The van der Waals surface area contributed by atoms with Crippen LogP contribution >= 0.6 is 34.8 Å². The highest BCUT2D eigenvalue weighted by molar-refractivity contribution is 6.46. The van der Waals surface area contributed by atoms with Gasteiger partial charge in [0, 0.05) is 6.42 Å². The lowest BCUT2D eigenvalue weighted by Crippen LogP contribution is -2.23. The van der Waals surface area contributed by atoms with E-state index in [9.17, 15) is 9.59 Å². The molecule has 0 radical (unpaired) electrons. The van der Waals surface area contributed by atoms with Gasteiger partial charge in [-0.15, -0.1) is 0 Å². The van der Waals surface area contributed by atoms with E-state index in [1.807, 2.05) is 0 Å². The molecule has 0 spiro atoms. The maximum absolute atomic E-state index is 11.9. The second-order valence-corrected chi connectivity index (χ2v) is 4.76. The van der Waals surface area contributed by atoms with E-state index in [2.05, 4.69) is 4.74 Å². The minimum absolute atomic E-state index is 0.000492. The van der Waals surface area contributed by atoms with E-state index in [4.69, 9.17) is 39.5 Å². The van der Waals surface area contributed by atoms with Crippen molar-refractivity contribution in [3.63, 3.8) is 0 Å². The van der Waals surface area contributed by atoms with E-state index in [0.717, 1.165) is 0 Å². The first-order valence-electron chi connectivity index (χ1n) is 5.02. The fourth-order valence-electron chi connectivity index (χ4n) is 1.49. The zero-order chi connectivity index (χ0) is 13.3. The van der Waals surface area contributed by atoms with Gasteiger partial charge in [0.15, 0.2) is 0 Å². The van der Waals surface area contributed by atoms with Gasteiger partial charge in [0.25, 0.3) is 0 Å². The first-order chi connectivity index (χ1) is 8.50. The van der Waals surface area contributed by atoms with Crippen molar-refractivity contribution in [1.82, 2.24) is 0 Å². The van der Waals surface area contributed by atoms with Crippen LogP contribution in [0.1, 0.15) is 16.8 Å². The molecule has 0 aliphatic carbocycles. The van der Waals surface area contributed by atoms with E-state index in [-0.39, 0.29) is 27.2 Å². The number of benzene rings is 1. The molecule has 4 nitrogen and oxygen atoms in total. The van der Waals surface area contributed by atoms with Gasteiger partial charge in [0.05, 0.1) is 27.2 Å². The topological polar surface area (TPSA) is 52.6 Å². The van der Waals surface area contributed by atoms with Crippen molar-refractivity contribution in [1.29, 1.82) is 0 Å². The summed E-state index contributed by atoms with van der Waals surface area (Å²) in [6.45, 7) is 0.230. The van der Waals surface area contributed by atoms with Crippen molar-refractivity contribution < 1.29 is 19.1 Å². The van der Waals surface area contributed by atoms with Crippen LogP contribution in [0.25, 0.3) is 0 Å². The molecule has 2 rings (SSSR count). The quantitative estimate of drug-likeness (QED) is 0.622. The zero-order valence-corrected chi connectivity index (χ0v) is 11.2. The van der Waals surface area contributed by atoms with Crippen LogP contribution in [0.3, 0.4) is 0 Å². The lowest BCUT2D eigenvalue weighted by Gasteiger charge is -2.11. The summed E-state index contributed by atoms with van der Waals surface area (Å²) in [5, 5.41) is 0.295. The molecule has 96 valence electrons. The first kappa shape index (κ1) is 13.5. The van der Waals surface area contributed by atoms with Crippen LogP contribution in [0.5, 0.6) is 0 Å². The number of cyclic esters (lactones) is 1. The Hall–Kier alpha value is -0.970. The monoisotopic (exact) mass is 308 g/mol. The van der Waals surface area contributed by atoms with Gasteiger partial charge < -0.3 is 9.47 Å². The number of ether oxygens (including phenoxy) is 2. The normalized spacial score (nSPS) is 18.6. The minimum atomic E-state index is -0.913. The van der Waals surface area contributed by atoms with Crippen molar-refractivity contribution >= 4 is 46.7 Å². The van der Waals surface area contributed by atoms with Gasteiger partial charge in [0.2, 0.25) is 6.10 Å². The average Bonchev–Trinajstić information content (AvgIpc) is 2.70. The van der Waals surface area contributed by atoms with Crippen LogP contribution < -0.4 is 0 Å². The zero-order valence-electron chi connectivity index (χ0n) is 8.91. The Morgan fingerprint density at radius 3 is 2.56 bits per heavy atom. The van der Waals surface area contributed by atoms with Gasteiger partial charge in [-0.25, -0.2) is 9.59 Å². The summed E-state index contributed by atoms with van der Waals surface area (Å²) in [6.07, 6.45) is -0.594. The SMILES string of the molecule is O=C(OC1CCOC1=O)c1c(Cl)ccc(Cl)c1Cl. The molecule has 18 heavy (non-hydrogen) atoms. The number of rotatable bonds is 2. The summed E-state index contributed by atoms with van der Waals surface area (Å²) in [7, 11) is 0. The van der Waals surface area contributed by atoms with Gasteiger partial charge in [-0.3, -0.25) is 0 Å². The molecular formula is C11H7Cl3O4. The third-order valence-corrected chi connectivity index (χ3v) is 3.50. The fraction of sp³-hybridized carbons (Fsp3) is 0.273. The first-order valence-corrected chi connectivity index (χ1v) is 6.15. The largest absolute Gasteiger partial charge is 0.463 e. The van der Waals surface area contributed by atoms with Crippen LogP contribution in [0, 0.1) is 0 Å². The number of hydrogen-bond donors (Lipinski definition) is 0. The summed E-state index contributed by atoms with van der Waals surface area (Å²) in [5.74, 6) is -1.37. The number of halogens is 3. The number of hydrogen-bond acceptors (Lipinski definition) is 4. The highest BCUT2D eigenvalue weighted by Crippen LogP contribution is 2.32. The second-order valence-electron chi connectivity index (χ2n) is 3.57. The van der Waals surface area contributed by atoms with Crippen molar-refractivity contribution in [3.8, 4) is 0 Å². The van der Waals surface area contributed by atoms with Crippen molar-refractivity contribution in [2.45, 2.75) is 12.5 Å². The molecular weight excluding hydrogens is 302 g/mol. The maximum atomic E-state index is 11.9. The lowest BCUT2D eigenvalue weighted by molar-refractivity contribution is -0.145. The molecule has 7 heteroatoms. The van der Waals surface area contributed by atoms with Crippen LogP contribution in [0.15, 0.2) is 12.1 Å². The van der Waals surface area contributed by atoms with E-state index >= 15 is 0 Å². The summed E-state index contributed by atoms with van der Waals surface area (Å²) in [5.41, 5.74) is -0.0504. The van der Waals surface area contributed by atoms with Crippen LogP contribution in [0.2, 0.25) is 15.1 Å². The van der Waals surface area contributed by atoms with Gasteiger partial charge >= 0.3 is 11.9 Å². The fourth-order valence-corrected chi connectivity index (χ4v) is 2.17. The molecule has 1 aromatic rings. The van der Waals surface area contributed by atoms with E-state index < -0.39 is 18.0 Å². The average molecular weight is 310 g/mol. The van der Waals surface area contributed by atoms with Crippen LogP contribution in [-0.2, 0) is 14.3 Å². The standard InChI is InChI=1S/C11H7Cl3O4/c12-5-1-2-6(13)9(14)8(5)11(16)18-7-3-4-17-10(7)15/h1-2,7H,3-4H2. The predicted octanol–water partition coefficient (Wildman–Crippen LogP) is 3.12. The smallest absolute Gasteiger partial charge is 0.347 e. The molecule has 1 aliphatic rings. The van der Waals surface area contributed by atoms with Crippen molar-refractivity contribution in [2.75, 3.05) is 6.61 Å². The van der Waals surface area contributed by atoms with Crippen molar-refractivity contribution in [3.05, 3.63) is 32.8 Å². The molecule has 0 N–H and O–H groups in total. The Bertz CT molecular complexity index is 515. The molecule has 0 amide bonds. The Balaban J connectivity index is 2.24. The molecule has 0 aromatic heterocycles. The second kappa shape index (κ2) is 5.34. The molecule has 1 aliphatic heterocycles. The molecule has 1 saturated heterocycles. The molecule has 1 unspecified atom stereocenters. The third kappa shape index (κ3) is 2.55. The third-order valence-electron chi connectivity index (χ3n) is 2.38. The Morgan fingerprint density at radius 1 is 1.28 bits per heavy atom. The van der Waals surface area contributed by atoms with E-state index in [1.54, 1.807) is 0 Å². The van der Waals surface area contributed by atoms with Crippen molar-refractivity contribution in [2.24, 2.45) is 0 Å². The highest BCUT2D eigenvalue weighted by atomic mass is 35.5. The minimum Gasteiger partial charge on any atom is -0.463 e. The van der Waals surface area contributed by atoms with Crippen LogP contribution in [0.4, 0.5) is 0 Å². The summed E-state index contributed by atoms with van der Waals surface area (Å²) in [4.78, 5) is 23.1. The molecule has 1 atom stereocenters. The Labute approximate surface area is 118 Å². The predicted molar refractivity (Wildman–Crippen MR) is 66.3 cm³/mol. The Kier molecular flexibility index (Phi) is 4.00. The van der Waals surface area contributed by atoms with Gasteiger partial charge in [-0.2, -0.15) is 0 Å². The van der Waals surface area contributed by atoms with Gasteiger partial charge in [0.1, 0.15) is 0 Å². The molecule has 0 saturated carbocycles. The Morgan fingerprint density at radius 2 is 1.94 bits per heavy atom. The summed E-state index contributed by atoms with van der Waals surface area (Å²) in [6, 6.07) is 2.90. The van der Waals surface area contributed by atoms with E-state index in [0.29, 0.717) is 6.42 Å². The number of carbonyl (C=O) groups excluding carboxylic acids is 2. The maximum Gasteiger partial charge on any atom is 0.347 e. The molecule has 1 fully saturated rings. The lowest BCUT2D eigenvalue weighted by atomic mass is 10.2. The van der Waals surface area contributed by atoms with Gasteiger partial charge in [-0.1, -0.05) is 34.8 Å². The molecule has 1 heterocycles. The highest BCUT2D eigenvalue weighted by Gasteiger charge is 2.32.